The van der Waals surface area contributed by atoms with Crippen molar-refractivity contribution in [3.63, 3.8) is 0 Å². The fraction of sp³-hybridized carbons (Fsp3) is 0.500. The maximum atomic E-state index is 13.5. The number of carbonyl (C=O) groups is 2. The van der Waals surface area contributed by atoms with Gasteiger partial charge in [0, 0.05) is 26.1 Å². The number of anilines is 1. The molecule has 37 heavy (non-hydrogen) atoms. The average Bonchev–Trinajstić information content (AvgIpc) is 2.85. The van der Waals surface area contributed by atoms with Crippen LogP contribution in [0.4, 0.5) is 5.69 Å². The number of nitrogens with one attached hydrogen (secondary N) is 1. The summed E-state index contributed by atoms with van der Waals surface area (Å²) in [7, 11) is -2.12. The molecule has 0 saturated heterocycles. The lowest BCUT2D eigenvalue weighted by Crippen LogP contribution is -2.49. The lowest BCUT2D eigenvalue weighted by atomic mass is 10.1. The number of carbonyl (C=O) groups excluding carboxylic acids is 2. The van der Waals surface area contributed by atoms with Gasteiger partial charge in [-0.05, 0) is 43.4 Å². The van der Waals surface area contributed by atoms with Gasteiger partial charge in [-0.15, -0.1) is 0 Å². The van der Waals surface area contributed by atoms with Crippen LogP contribution in [-0.2, 0) is 26.2 Å². The Hall–Kier alpha value is -3.07. The molecule has 0 spiro atoms. The van der Waals surface area contributed by atoms with Crippen LogP contribution in [0.2, 0.25) is 0 Å². The van der Waals surface area contributed by atoms with E-state index < -0.39 is 16.1 Å². The fourth-order valence-electron chi connectivity index (χ4n) is 4.05. The standard InChI is InChI=1S/C28H41N3O5S/c1-7-24(28(33)29-19-21(2)3)30(20-23-16-14-22(4)15-17-23)27(32)13-10-18-31(37(6,34)35)25-11-8-9-12-26(25)36-5/h8-9,11-12,14-17,21,24H,7,10,13,18-20H2,1-6H3,(H,29,33). The first-order chi connectivity index (χ1) is 17.5. The Kier molecular flexibility index (Phi) is 11.4. The molecule has 0 saturated carbocycles. The minimum Gasteiger partial charge on any atom is -0.495 e. The highest BCUT2D eigenvalue weighted by Crippen LogP contribution is 2.29. The Morgan fingerprint density at radius 3 is 2.27 bits per heavy atom. The summed E-state index contributed by atoms with van der Waals surface area (Å²) in [5.74, 6) is 0.358. The number of amides is 2. The van der Waals surface area contributed by atoms with E-state index in [2.05, 4.69) is 5.32 Å². The quantitative estimate of drug-likeness (QED) is 0.396. The summed E-state index contributed by atoms with van der Waals surface area (Å²) in [5.41, 5.74) is 2.47. The number of nitrogens with zero attached hydrogens (tertiary/aromatic N) is 2. The third-order valence-electron chi connectivity index (χ3n) is 6.05. The smallest absolute Gasteiger partial charge is 0.242 e. The second-order valence-corrected chi connectivity index (χ2v) is 11.6. The van der Waals surface area contributed by atoms with Gasteiger partial charge in [0.05, 0.1) is 19.1 Å². The van der Waals surface area contributed by atoms with Crippen molar-refractivity contribution in [1.82, 2.24) is 10.2 Å². The van der Waals surface area contributed by atoms with E-state index in [4.69, 9.17) is 4.74 Å². The van der Waals surface area contributed by atoms with Gasteiger partial charge in [0.25, 0.3) is 0 Å². The molecule has 0 bridgehead atoms. The van der Waals surface area contributed by atoms with Crippen LogP contribution in [0.5, 0.6) is 5.75 Å². The van der Waals surface area contributed by atoms with Crippen molar-refractivity contribution in [2.75, 3.05) is 30.8 Å². The van der Waals surface area contributed by atoms with Crippen molar-refractivity contribution >= 4 is 27.5 Å². The summed E-state index contributed by atoms with van der Waals surface area (Å²) >= 11 is 0. The van der Waals surface area contributed by atoms with E-state index in [-0.39, 0.29) is 24.8 Å². The topological polar surface area (TPSA) is 96.0 Å². The van der Waals surface area contributed by atoms with Gasteiger partial charge in [0.2, 0.25) is 21.8 Å². The molecule has 8 nitrogen and oxygen atoms in total. The summed E-state index contributed by atoms with van der Waals surface area (Å²) in [4.78, 5) is 28.2. The lowest BCUT2D eigenvalue weighted by molar-refractivity contribution is -0.141. The fourth-order valence-corrected chi connectivity index (χ4v) is 5.02. The van der Waals surface area contributed by atoms with Crippen molar-refractivity contribution in [3.8, 4) is 5.75 Å². The molecular weight excluding hydrogens is 490 g/mol. The van der Waals surface area contributed by atoms with Crippen molar-refractivity contribution in [1.29, 1.82) is 0 Å². The predicted octanol–water partition coefficient (Wildman–Crippen LogP) is 4.13. The molecule has 0 aliphatic heterocycles. The molecule has 2 amide bonds. The van der Waals surface area contributed by atoms with Crippen molar-refractivity contribution in [2.24, 2.45) is 5.92 Å². The summed E-state index contributed by atoms with van der Waals surface area (Å²) in [6.45, 7) is 8.87. The molecule has 1 N–H and O–H groups in total. The largest absolute Gasteiger partial charge is 0.495 e. The number of sulfonamides is 1. The Bertz CT molecular complexity index is 1130. The summed E-state index contributed by atoms with van der Waals surface area (Å²) in [6, 6.07) is 14.2. The predicted molar refractivity (Wildman–Crippen MR) is 148 cm³/mol. The monoisotopic (exact) mass is 531 g/mol. The third kappa shape index (κ3) is 9.07. The molecule has 0 aliphatic carbocycles. The van der Waals surface area contributed by atoms with Crippen LogP contribution in [0, 0.1) is 12.8 Å². The summed E-state index contributed by atoms with van der Waals surface area (Å²) < 4.78 is 31.8. The van der Waals surface area contributed by atoms with E-state index in [1.807, 2.05) is 52.0 Å². The molecule has 0 fully saturated rings. The Morgan fingerprint density at radius 1 is 1.05 bits per heavy atom. The molecule has 2 aromatic carbocycles. The van der Waals surface area contributed by atoms with Gasteiger partial charge < -0.3 is 15.0 Å². The molecule has 204 valence electrons. The van der Waals surface area contributed by atoms with E-state index in [1.165, 1.54) is 11.4 Å². The van der Waals surface area contributed by atoms with E-state index in [9.17, 15) is 18.0 Å². The lowest BCUT2D eigenvalue weighted by Gasteiger charge is -2.31. The molecular formula is C28H41N3O5S. The second-order valence-electron chi connectivity index (χ2n) is 9.68. The molecule has 9 heteroatoms. The van der Waals surface area contributed by atoms with Crippen LogP contribution in [0.1, 0.15) is 51.2 Å². The normalized spacial score (nSPS) is 12.2. The van der Waals surface area contributed by atoms with Gasteiger partial charge in [0.1, 0.15) is 11.8 Å². The number of aryl methyl sites for hydroxylation is 1. The van der Waals surface area contributed by atoms with Crippen LogP contribution >= 0.6 is 0 Å². The number of para-hydroxylation sites is 2. The van der Waals surface area contributed by atoms with Crippen molar-refractivity contribution in [3.05, 3.63) is 59.7 Å². The van der Waals surface area contributed by atoms with Gasteiger partial charge in [-0.25, -0.2) is 8.42 Å². The highest BCUT2D eigenvalue weighted by molar-refractivity contribution is 7.92. The van der Waals surface area contributed by atoms with Gasteiger partial charge in [-0.3, -0.25) is 13.9 Å². The molecule has 0 aromatic heterocycles. The summed E-state index contributed by atoms with van der Waals surface area (Å²) in [5, 5.41) is 2.96. The molecule has 2 aromatic rings. The van der Waals surface area contributed by atoms with Crippen LogP contribution in [0.3, 0.4) is 0 Å². The van der Waals surface area contributed by atoms with Gasteiger partial charge in [0.15, 0.2) is 0 Å². The van der Waals surface area contributed by atoms with Gasteiger partial charge >= 0.3 is 0 Å². The minimum atomic E-state index is -3.61. The minimum absolute atomic E-state index is 0.0982. The van der Waals surface area contributed by atoms with Crippen molar-refractivity contribution < 1.29 is 22.7 Å². The van der Waals surface area contributed by atoms with Gasteiger partial charge in [-0.2, -0.15) is 0 Å². The zero-order valence-corrected chi connectivity index (χ0v) is 23.7. The zero-order chi connectivity index (χ0) is 27.6. The van der Waals surface area contributed by atoms with Gasteiger partial charge in [-0.1, -0.05) is 62.7 Å². The van der Waals surface area contributed by atoms with E-state index in [0.717, 1.165) is 17.4 Å². The molecule has 0 radical (unpaired) electrons. The van der Waals surface area contributed by atoms with E-state index >= 15 is 0 Å². The SMILES string of the molecule is CCC(C(=O)NCC(C)C)N(Cc1ccc(C)cc1)C(=O)CCCN(c1ccccc1OC)S(C)(=O)=O. The second kappa shape index (κ2) is 14.0. The van der Waals surface area contributed by atoms with Crippen molar-refractivity contribution in [2.45, 2.75) is 59.5 Å². The van der Waals surface area contributed by atoms with Crippen LogP contribution in [0.15, 0.2) is 48.5 Å². The van der Waals surface area contributed by atoms with Crippen LogP contribution in [-0.4, -0.2) is 57.6 Å². The molecule has 1 unspecified atom stereocenters. The summed E-state index contributed by atoms with van der Waals surface area (Å²) in [6.07, 6.45) is 1.99. The number of ether oxygens (including phenoxy) is 1. The van der Waals surface area contributed by atoms with Crippen LogP contribution < -0.4 is 14.4 Å². The molecule has 0 aliphatic rings. The van der Waals surface area contributed by atoms with E-state index in [1.54, 1.807) is 29.2 Å². The molecule has 2 rings (SSSR count). The average molecular weight is 532 g/mol. The first kappa shape index (κ1) is 30.2. The Morgan fingerprint density at radius 2 is 1.70 bits per heavy atom. The number of rotatable bonds is 14. The number of hydrogen-bond donors (Lipinski definition) is 1. The highest BCUT2D eigenvalue weighted by Gasteiger charge is 2.29. The number of hydrogen-bond acceptors (Lipinski definition) is 5. The zero-order valence-electron chi connectivity index (χ0n) is 22.9. The number of methoxy groups -OCH3 is 1. The maximum absolute atomic E-state index is 13.5. The first-order valence-electron chi connectivity index (χ1n) is 12.7. The Balaban J connectivity index is 2.23. The molecule has 0 heterocycles. The van der Waals surface area contributed by atoms with Crippen LogP contribution in [0.25, 0.3) is 0 Å². The maximum Gasteiger partial charge on any atom is 0.242 e. The Labute approximate surface area is 222 Å². The highest BCUT2D eigenvalue weighted by atomic mass is 32.2. The third-order valence-corrected chi connectivity index (χ3v) is 7.23. The molecule has 1 atom stereocenters. The number of benzene rings is 2. The van der Waals surface area contributed by atoms with E-state index in [0.29, 0.717) is 43.3 Å². The first-order valence-corrected chi connectivity index (χ1v) is 14.6.